The Morgan fingerprint density at radius 2 is 2.00 bits per heavy atom. The Kier molecular flexibility index (Phi) is 6.59. The van der Waals surface area contributed by atoms with Crippen LogP contribution >= 0.6 is 11.3 Å². The standard InChI is InChI=1S/C11H19N3O3S/c1-4-14(5-2)7-8-17-11-13-12-9(18-11)10(15)16-6-3/h4-8H2,1-3H3. The fourth-order valence-corrected chi connectivity index (χ4v) is 1.96. The fraction of sp³-hybridized carbons (Fsp3) is 0.727. The summed E-state index contributed by atoms with van der Waals surface area (Å²) in [5.41, 5.74) is 0. The molecule has 0 radical (unpaired) electrons. The Morgan fingerprint density at radius 3 is 2.61 bits per heavy atom. The van der Waals surface area contributed by atoms with E-state index in [1.807, 2.05) is 0 Å². The number of carbonyl (C=O) groups excluding carboxylic acids is 1. The first-order chi connectivity index (χ1) is 8.71. The van der Waals surface area contributed by atoms with Gasteiger partial charge >= 0.3 is 5.97 Å². The molecule has 0 amide bonds. The molecule has 1 heterocycles. The molecule has 1 aromatic rings. The number of nitrogens with zero attached hydrogens (tertiary/aromatic N) is 3. The van der Waals surface area contributed by atoms with Crippen molar-refractivity contribution >= 4 is 17.3 Å². The maximum Gasteiger partial charge on any atom is 0.369 e. The molecule has 0 fully saturated rings. The van der Waals surface area contributed by atoms with Crippen LogP contribution in [0, 0.1) is 0 Å². The van der Waals surface area contributed by atoms with E-state index in [2.05, 4.69) is 28.9 Å². The van der Waals surface area contributed by atoms with Gasteiger partial charge in [-0.2, -0.15) is 0 Å². The molecule has 18 heavy (non-hydrogen) atoms. The lowest BCUT2D eigenvalue weighted by molar-refractivity contribution is 0.0525. The molecule has 0 saturated heterocycles. The average Bonchev–Trinajstić information content (AvgIpc) is 2.84. The second kappa shape index (κ2) is 7.99. The molecule has 0 unspecified atom stereocenters. The second-order valence-electron chi connectivity index (χ2n) is 3.47. The SMILES string of the molecule is CCOC(=O)c1nnc(OCCN(CC)CC)s1. The minimum absolute atomic E-state index is 0.231. The molecule has 6 nitrogen and oxygen atoms in total. The first-order valence-corrected chi connectivity index (χ1v) is 6.88. The summed E-state index contributed by atoms with van der Waals surface area (Å²) in [6, 6.07) is 0. The Balaban J connectivity index is 2.37. The van der Waals surface area contributed by atoms with Crippen molar-refractivity contribution in [3.63, 3.8) is 0 Å². The number of esters is 1. The number of carbonyl (C=O) groups is 1. The van der Waals surface area contributed by atoms with Crippen molar-refractivity contribution in [1.29, 1.82) is 0 Å². The van der Waals surface area contributed by atoms with Crippen LogP contribution in [-0.4, -0.2) is 53.9 Å². The van der Waals surface area contributed by atoms with Gasteiger partial charge in [-0.25, -0.2) is 4.79 Å². The van der Waals surface area contributed by atoms with Crippen LogP contribution in [0.2, 0.25) is 0 Å². The molecule has 0 aliphatic heterocycles. The summed E-state index contributed by atoms with van der Waals surface area (Å²) >= 11 is 1.11. The van der Waals surface area contributed by atoms with E-state index < -0.39 is 5.97 Å². The summed E-state index contributed by atoms with van der Waals surface area (Å²) in [6.07, 6.45) is 0. The summed E-state index contributed by atoms with van der Waals surface area (Å²) in [4.78, 5) is 13.6. The van der Waals surface area contributed by atoms with E-state index in [0.717, 1.165) is 31.0 Å². The molecule has 1 aromatic heterocycles. The molecule has 0 aromatic carbocycles. The Bertz CT molecular complexity index is 366. The van der Waals surface area contributed by atoms with E-state index >= 15 is 0 Å². The van der Waals surface area contributed by atoms with Crippen molar-refractivity contribution in [2.24, 2.45) is 0 Å². The topological polar surface area (TPSA) is 64.5 Å². The number of aromatic nitrogens is 2. The van der Waals surface area contributed by atoms with Gasteiger partial charge in [0.25, 0.3) is 5.19 Å². The Hall–Kier alpha value is -1.21. The van der Waals surface area contributed by atoms with Gasteiger partial charge in [-0.1, -0.05) is 18.9 Å². The predicted molar refractivity (Wildman–Crippen MR) is 69.1 cm³/mol. The minimum Gasteiger partial charge on any atom is -0.468 e. The molecule has 102 valence electrons. The molecule has 0 aliphatic rings. The van der Waals surface area contributed by atoms with Crippen molar-refractivity contribution in [2.45, 2.75) is 20.8 Å². The highest BCUT2D eigenvalue weighted by Gasteiger charge is 2.14. The first-order valence-electron chi connectivity index (χ1n) is 6.07. The molecule has 7 heteroatoms. The van der Waals surface area contributed by atoms with Gasteiger partial charge < -0.3 is 14.4 Å². The van der Waals surface area contributed by atoms with Gasteiger partial charge in [0.2, 0.25) is 5.01 Å². The van der Waals surface area contributed by atoms with E-state index in [0.29, 0.717) is 18.4 Å². The van der Waals surface area contributed by atoms with E-state index in [9.17, 15) is 4.79 Å². The van der Waals surface area contributed by atoms with Gasteiger partial charge in [0.1, 0.15) is 6.61 Å². The highest BCUT2D eigenvalue weighted by molar-refractivity contribution is 7.14. The lowest BCUT2D eigenvalue weighted by Gasteiger charge is -2.16. The van der Waals surface area contributed by atoms with Gasteiger partial charge in [-0.15, -0.1) is 5.10 Å². The summed E-state index contributed by atoms with van der Waals surface area (Å²) in [5.74, 6) is -0.450. The quantitative estimate of drug-likeness (QED) is 0.668. The van der Waals surface area contributed by atoms with Crippen LogP contribution in [-0.2, 0) is 4.74 Å². The summed E-state index contributed by atoms with van der Waals surface area (Å²) in [7, 11) is 0. The normalized spacial score (nSPS) is 10.7. The smallest absolute Gasteiger partial charge is 0.369 e. The van der Waals surface area contributed by atoms with Gasteiger partial charge in [0.05, 0.1) is 6.61 Å². The van der Waals surface area contributed by atoms with Crippen molar-refractivity contribution in [1.82, 2.24) is 15.1 Å². The van der Waals surface area contributed by atoms with Gasteiger partial charge in [0, 0.05) is 6.54 Å². The Labute approximate surface area is 111 Å². The first kappa shape index (κ1) is 14.8. The van der Waals surface area contributed by atoms with Crippen LogP contribution in [0.5, 0.6) is 5.19 Å². The molecule has 1 rings (SSSR count). The van der Waals surface area contributed by atoms with Gasteiger partial charge in [-0.3, -0.25) is 0 Å². The maximum absolute atomic E-state index is 11.4. The van der Waals surface area contributed by atoms with E-state index in [-0.39, 0.29) is 5.01 Å². The third-order valence-corrected chi connectivity index (χ3v) is 3.20. The third-order valence-electron chi connectivity index (χ3n) is 2.38. The van der Waals surface area contributed by atoms with Crippen LogP contribution in [0.25, 0.3) is 0 Å². The molecular weight excluding hydrogens is 254 g/mol. The van der Waals surface area contributed by atoms with Crippen molar-refractivity contribution in [2.75, 3.05) is 32.8 Å². The summed E-state index contributed by atoms with van der Waals surface area (Å²) in [5, 5.41) is 8.16. The predicted octanol–water partition coefficient (Wildman–Crippen LogP) is 1.44. The zero-order chi connectivity index (χ0) is 13.4. The van der Waals surface area contributed by atoms with E-state index in [4.69, 9.17) is 9.47 Å². The number of rotatable bonds is 8. The van der Waals surface area contributed by atoms with Crippen molar-refractivity contribution in [3.05, 3.63) is 5.01 Å². The molecule has 0 aliphatic carbocycles. The van der Waals surface area contributed by atoms with Gasteiger partial charge in [-0.05, 0) is 31.4 Å². The number of hydrogen-bond donors (Lipinski definition) is 0. The zero-order valence-corrected chi connectivity index (χ0v) is 11.8. The van der Waals surface area contributed by atoms with Gasteiger partial charge in [0.15, 0.2) is 0 Å². The fourth-order valence-electron chi connectivity index (χ4n) is 1.35. The van der Waals surface area contributed by atoms with Crippen molar-refractivity contribution in [3.8, 4) is 5.19 Å². The van der Waals surface area contributed by atoms with E-state index in [1.165, 1.54) is 0 Å². The summed E-state index contributed by atoms with van der Waals surface area (Å²) < 4.78 is 10.3. The van der Waals surface area contributed by atoms with E-state index in [1.54, 1.807) is 6.92 Å². The second-order valence-corrected chi connectivity index (χ2v) is 4.41. The van der Waals surface area contributed by atoms with Crippen LogP contribution in [0.1, 0.15) is 30.6 Å². The number of likely N-dealkylation sites (N-methyl/N-ethyl adjacent to an activating group) is 1. The minimum atomic E-state index is -0.450. The maximum atomic E-state index is 11.4. The summed E-state index contributed by atoms with van der Waals surface area (Å²) in [6.45, 7) is 9.65. The molecule has 0 atom stereocenters. The lowest BCUT2D eigenvalue weighted by Crippen LogP contribution is -2.27. The van der Waals surface area contributed by atoms with Crippen molar-refractivity contribution < 1.29 is 14.3 Å². The molecule has 0 bridgehead atoms. The highest BCUT2D eigenvalue weighted by atomic mass is 32.1. The van der Waals surface area contributed by atoms with Crippen LogP contribution < -0.4 is 4.74 Å². The highest BCUT2D eigenvalue weighted by Crippen LogP contribution is 2.18. The molecule has 0 N–H and O–H groups in total. The largest absolute Gasteiger partial charge is 0.468 e. The van der Waals surface area contributed by atoms with Crippen LogP contribution in [0.3, 0.4) is 0 Å². The third kappa shape index (κ3) is 4.58. The van der Waals surface area contributed by atoms with Crippen LogP contribution in [0.15, 0.2) is 0 Å². The molecule has 0 saturated carbocycles. The number of hydrogen-bond acceptors (Lipinski definition) is 7. The molecular formula is C11H19N3O3S. The number of ether oxygens (including phenoxy) is 2. The average molecular weight is 273 g/mol. The lowest BCUT2D eigenvalue weighted by atomic mass is 10.5. The molecule has 0 spiro atoms. The monoisotopic (exact) mass is 273 g/mol. The Morgan fingerprint density at radius 1 is 1.28 bits per heavy atom. The van der Waals surface area contributed by atoms with Crippen LogP contribution in [0.4, 0.5) is 0 Å². The zero-order valence-electron chi connectivity index (χ0n) is 11.0.